The van der Waals surface area contributed by atoms with E-state index in [2.05, 4.69) is 16.0 Å². The van der Waals surface area contributed by atoms with Gasteiger partial charge in [0, 0.05) is 13.1 Å². The summed E-state index contributed by atoms with van der Waals surface area (Å²) >= 11 is 0. The highest BCUT2D eigenvalue weighted by Crippen LogP contribution is 2.18. The zero-order valence-corrected chi connectivity index (χ0v) is 17.1. The number of hydrogen-bond acceptors (Lipinski definition) is 7. The lowest BCUT2D eigenvalue weighted by Gasteiger charge is -2.24. The molecule has 0 aromatic heterocycles. The molecule has 0 aromatic carbocycles. The molecule has 0 spiro atoms. The topological polar surface area (TPSA) is 191 Å². The molecule has 2 aliphatic heterocycles. The van der Waals surface area contributed by atoms with Crippen molar-refractivity contribution >= 4 is 35.5 Å². The predicted octanol–water partition coefficient (Wildman–Crippen LogP) is -3.64. The van der Waals surface area contributed by atoms with E-state index >= 15 is 0 Å². The van der Waals surface area contributed by atoms with Gasteiger partial charge in [0.25, 0.3) is 0 Å². The van der Waals surface area contributed by atoms with Crippen LogP contribution in [0, 0.1) is 0 Å². The minimum atomic E-state index is -1.19. The molecule has 2 saturated heterocycles. The number of carboxylic acids is 1. The average Bonchev–Trinajstić information content (AvgIpc) is 3.43. The molecule has 2 rings (SSSR count). The van der Waals surface area contributed by atoms with Gasteiger partial charge in [-0.25, -0.2) is 0 Å². The van der Waals surface area contributed by atoms with E-state index in [1.54, 1.807) is 0 Å². The molecule has 0 radical (unpaired) electrons. The Hall–Kier alpha value is -3.22. The van der Waals surface area contributed by atoms with E-state index < -0.39 is 48.2 Å². The first-order valence-corrected chi connectivity index (χ1v) is 10.1. The number of hydrogen-bond donors (Lipinski definition) is 5. The van der Waals surface area contributed by atoms with Gasteiger partial charge in [-0.2, -0.15) is 0 Å². The van der Waals surface area contributed by atoms with Crippen molar-refractivity contribution in [2.45, 2.75) is 37.8 Å². The summed E-state index contributed by atoms with van der Waals surface area (Å²) in [5.74, 6) is -3.62. The molecular formula is C18H28N6O7. The SMILES string of the molecule is NCC(=O)N1CCC[C@H]1C(=O)NCC(=O)NCC(=O)N1CCC[C@H]1C(=O)NCC(=O)O. The van der Waals surface area contributed by atoms with Crippen molar-refractivity contribution in [1.82, 2.24) is 25.8 Å². The normalized spacial score (nSPS) is 20.3. The fraction of sp³-hybridized carbons (Fsp3) is 0.667. The first-order valence-electron chi connectivity index (χ1n) is 10.1. The van der Waals surface area contributed by atoms with Gasteiger partial charge in [0.05, 0.1) is 19.6 Å². The Morgan fingerprint density at radius 1 is 0.774 bits per heavy atom. The molecule has 2 fully saturated rings. The predicted molar refractivity (Wildman–Crippen MR) is 105 cm³/mol. The first kappa shape index (κ1) is 24.1. The highest BCUT2D eigenvalue weighted by molar-refractivity contribution is 5.93. The van der Waals surface area contributed by atoms with E-state index in [-0.39, 0.29) is 25.5 Å². The lowest BCUT2D eigenvalue weighted by molar-refractivity contribution is -0.141. The number of aliphatic carboxylic acids is 1. The summed E-state index contributed by atoms with van der Waals surface area (Å²) in [6.07, 6.45) is 2.14. The third-order valence-corrected chi connectivity index (χ3v) is 5.20. The average molecular weight is 440 g/mol. The van der Waals surface area contributed by atoms with Crippen molar-refractivity contribution in [2.24, 2.45) is 5.73 Å². The van der Waals surface area contributed by atoms with Crippen LogP contribution in [0.5, 0.6) is 0 Å². The Morgan fingerprint density at radius 2 is 1.29 bits per heavy atom. The summed E-state index contributed by atoms with van der Waals surface area (Å²) in [6, 6.07) is -1.45. The number of carbonyl (C=O) groups is 6. The molecule has 5 amide bonds. The first-order chi connectivity index (χ1) is 14.7. The lowest BCUT2D eigenvalue weighted by Crippen LogP contribution is -2.51. The summed E-state index contributed by atoms with van der Waals surface area (Å²) < 4.78 is 0. The summed E-state index contributed by atoms with van der Waals surface area (Å²) in [5.41, 5.74) is 5.34. The molecule has 0 saturated carbocycles. The zero-order chi connectivity index (χ0) is 23.0. The Bertz CT molecular complexity index is 743. The van der Waals surface area contributed by atoms with E-state index in [1.165, 1.54) is 9.80 Å². The van der Waals surface area contributed by atoms with Gasteiger partial charge in [-0.1, -0.05) is 0 Å². The number of rotatable bonds is 9. The van der Waals surface area contributed by atoms with Crippen LogP contribution in [-0.2, 0) is 28.8 Å². The molecule has 6 N–H and O–H groups in total. The van der Waals surface area contributed by atoms with E-state index in [4.69, 9.17) is 10.8 Å². The monoisotopic (exact) mass is 440 g/mol. The lowest BCUT2D eigenvalue weighted by atomic mass is 10.2. The number of carboxylic acid groups (broad SMARTS) is 1. The summed E-state index contributed by atoms with van der Waals surface area (Å²) in [7, 11) is 0. The van der Waals surface area contributed by atoms with Crippen molar-refractivity contribution in [2.75, 3.05) is 39.3 Å². The summed E-state index contributed by atoms with van der Waals surface area (Å²) in [4.78, 5) is 73.7. The van der Waals surface area contributed by atoms with Crippen LogP contribution in [0.1, 0.15) is 25.7 Å². The highest BCUT2D eigenvalue weighted by atomic mass is 16.4. The van der Waals surface area contributed by atoms with Gasteiger partial charge in [-0.15, -0.1) is 0 Å². The van der Waals surface area contributed by atoms with Gasteiger partial charge in [-0.3, -0.25) is 28.8 Å². The van der Waals surface area contributed by atoms with Gasteiger partial charge in [-0.05, 0) is 25.7 Å². The second-order valence-electron chi connectivity index (χ2n) is 7.30. The van der Waals surface area contributed by atoms with Crippen LogP contribution in [0.15, 0.2) is 0 Å². The van der Waals surface area contributed by atoms with Crippen LogP contribution < -0.4 is 21.7 Å². The molecule has 2 heterocycles. The second-order valence-corrected chi connectivity index (χ2v) is 7.30. The molecule has 0 bridgehead atoms. The third kappa shape index (κ3) is 6.64. The van der Waals surface area contributed by atoms with Gasteiger partial charge in [0.2, 0.25) is 29.5 Å². The highest BCUT2D eigenvalue weighted by Gasteiger charge is 2.35. The van der Waals surface area contributed by atoms with Crippen LogP contribution in [0.4, 0.5) is 0 Å². The van der Waals surface area contributed by atoms with Gasteiger partial charge < -0.3 is 36.6 Å². The number of likely N-dealkylation sites (tertiary alicyclic amines) is 2. The van der Waals surface area contributed by atoms with Crippen molar-refractivity contribution in [3.05, 3.63) is 0 Å². The van der Waals surface area contributed by atoms with Crippen molar-refractivity contribution in [1.29, 1.82) is 0 Å². The van der Waals surface area contributed by atoms with E-state index in [9.17, 15) is 28.8 Å². The number of nitrogens with two attached hydrogens (primary N) is 1. The van der Waals surface area contributed by atoms with E-state index in [1.807, 2.05) is 0 Å². The molecule has 2 aliphatic rings. The molecular weight excluding hydrogens is 412 g/mol. The van der Waals surface area contributed by atoms with Crippen LogP contribution >= 0.6 is 0 Å². The molecule has 0 unspecified atom stereocenters. The second kappa shape index (κ2) is 11.2. The summed E-state index contributed by atoms with van der Waals surface area (Å²) in [5, 5.41) is 15.7. The third-order valence-electron chi connectivity index (χ3n) is 5.20. The van der Waals surface area contributed by atoms with E-state index in [0.717, 1.165) is 0 Å². The molecule has 13 nitrogen and oxygen atoms in total. The fourth-order valence-corrected chi connectivity index (χ4v) is 3.70. The van der Waals surface area contributed by atoms with Crippen molar-refractivity contribution in [3.63, 3.8) is 0 Å². The minimum absolute atomic E-state index is 0.196. The van der Waals surface area contributed by atoms with Crippen molar-refractivity contribution in [3.8, 4) is 0 Å². The molecule has 2 atom stereocenters. The molecule has 31 heavy (non-hydrogen) atoms. The van der Waals surface area contributed by atoms with Crippen LogP contribution in [0.25, 0.3) is 0 Å². The quantitative estimate of drug-likeness (QED) is 0.242. The Balaban J connectivity index is 1.75. The maximum absolute atomic E-state index is 12.4. The van der Waals surface area contributed by atoms with Crippen LogP contribution in [-0.4, -0.2) is 102 Å². The molecule has 13 heteroatoms. The Kier molecular flexibility index (Phi) is 8.73. The summed E-state index contributed by atoms with van der Waals surface area (Å²) in [6.45, 7) is -0.704. The number of nitrogens with zero attached hydrogens (tertiary/aromatic N) is 2. The number of amides is 5. The maximum atomic E-state index is 12.4. The minimum Gasteiger partial charge on any atom is -0.480 e. The molecule has 0 aromatic rings. The Labute approximate surface area is 178 Å². The number of nitrogens with one attached hydrogen (secondary N) is 3. The Morgan fingerprint density at radius 3 is 1.81 bits per heavy atom. The van der Waals surface area contributed by atoms with Gasteiger partial charge in [0.15, 0.2) is 0 Å². The molecule has 0 aliphatic carbocycles. The van der Waals surface area contributed by atoms with Gasteiger partial charge >= 0.3 is 5.97 Å². The fourth-order valence-electron chi connectivity index (χ4n) is 3.70. The largest absolute Gasteiger partial charge is 0.480 e. The van der Waals surface area contributed by atoms with Crippen molar-refractivity contribution < 1.29 is 33.9 Å². The molecule has 172 valence electrons. The van der Waals surface area contributed by atoms with Crippen LogP contribution in [0.2, 0.25) is 0 Å². The standard InChI is InChI=1S/C18H28N6O7/c19-7-14(26)23-5-1-3-11(23)17(30)21-8-13(25)20-9-15(27)24-6-2-4-12(24)18(31)22-10-16(28)29/h11-12H,1-10,19H2,(H,20,25)(H,21,30)(H,22,31)(H,28,29)/t11-,12-/m0/s1. The smallest absolute Gasteiger partial charge is 0.322 e. The zero-order valence-electron chi connectivity index (χ0n) is 17.1. The maximum Gasteiger partial charge on any atom is 0.322 e. The van der Waals surface area contributed by atoms with E-state index in [0.29, 0.717) is 38.8 Å². The van der Waals surface area contributed by atoms with Gasteiger partial charge in [0.1, 0.15) is 18.6 Å². The number of carbonyl (C=O) groups excluding carboxylic acids is 5. The van der Waals surface area contributed by atoms with Crippen LogP contribution in [0.3, 0.4) is 0 Å².